The van der Waals surface area contributed by atoms with Crippen LogP contribution in [-0.2, 0) is 6.54 Å². The molecule has 0 spiro atoms. The maximum atomic E-state index is 13.1. The van der Waals surface area contributed by atoms with Crippen molar-refractivity contribution in [2.24, 2.45) is 0 Å². The second-order valence-corrected chi connectivity index (χ2v) is 5.39. The molecule has 94 valence electrons. The third kappa shape index (κ3) is 3.48. The van der Waals surface area contributed by atoms with E-state index in [-0.39, 0.29) is 5.82 Å². The van der Waals surface area contributed by atoms with Crippen LogP contribution in [0.25, 0.3) is 0 Å². The Labute approximate surface area is 115 Å². The summed E-state index contributed by atoms with van der Waals surface area (Å²) < 4.78 is 13.1. The Hall–Kier alpha value is -1.03. The molecule has 0 aliphatic heterocycles. The van der Waals surface area contributed by atoms with Gasteiger partial charge in [0.1, 0.15) is 5.82 Å². The Balaban J connectivity index is 2.28. The van der Waals surface area contributed by atoms with E-state index in [9.17, 15) is 4.39 Å². The molecule has 0 aliphatic rings. The third-order valence-electron chi connectivity index (χ3n) is 2.41. The van der Waals surface area contributed by atoms with Crippen molar-refractivity contribution in [3.63, 3.8) is 0 Å². The van der Waals surface area contributed by atoms with Crippen LogP contribution >= 0.6 is 23.4 Å². The highest BCUT2D eigenvalue weighted by molar-refractivity contribution is 7.99. The molecule has 2 aromatic rings. The zero-order chi connectivity index (χ0) is 13.0. The van der Waals surface area contributed by atoms with Gasteiger partial charge in [0.15, 0.2) is 0 Å². The third-order valence-corrected chi connectivity index (χ3v) is 3.76. The molecule has 1 nitrogen and oxygen atoms in total. The minimum absolute atomic E-state index is 0.218. The summed E-state index contributed by atoms with van der Waals surface area (Å²) in [6.07, 6.45) is 0. The van der Waals surface area contributed by atoms with Crippen LogP contribution in [0.3, 0.4) is 0 Å². The molecule has 0 bridgehead atoms. The predicted octanol–water partition coefficient (Wildman–Crippen LogP) is 4.35. The molecule has 2 aromatic carbocycles. The molecule has 0 radical (unpaired) electrons. The summed E-state index contributed by atoms with van der Waals surface area (Å²) in [7, 11) is 1.89. The van der Waals surface area contributed by atoms with E-state index in [1.807, 2.05) is 31.3 Å². The van der Waals surface area contributed by atoms with Crippen LogP contribution < -0.4 is 5.32 Å². The lowest BCUT2D eigenvalue weighted by molar-refractivity contribution is 0.624. The summed E-state index contributed by atoms with van der Waals surface area (Å²) in [6, 6.07) is 12.3. The van der Waals surface area contributed by atoms with Gasteiger partial charge in [-0.05, 0) is 49.0 Å². The maximum absolute atomic E-state index is 13.1. The van der Waals surface area contributed by atoms with Gasteiger partial charge in [-0.1, -0.05) is 29.4 Å². The average molecular weight is 282 g/mol. The van der Waals surface area contributed by atoms with E-state index in [0.29, 0.717) is 5.02 Å². The molecule has 0 fully saturated rings. The molecular weight excluding hydrogens is 269 g/mol. The van der Waals surface area contributed by atoms with E-state index >= 15 is 0 Å². The molecule has 0 amide bonds. The smallest absolute Gasteiger partial charge is 0.124 e. The number of hydrogen-bond acceptors (Lipinski definition) is 2. The van der Waals surface area contributed by atoms with E-state index in [1.54, 1.807) is 6.07 Å². The van der Waals surface area contributed by atoms with E-state index in [4.69, 9.17) is 11.6 Å². The fourth-order valence-corrected chi connectivity index (χ4v) is 2.80. The van der Waals surface area contributed by atoms with Crippen molar-refractivity contribution in [3.8, 4) is 0 Å². The summed E-state index contributed by atoms with van der Waals surface area (Å²) in [5.41, 5.74) is 1.11. The SMILES string of the molecule is CNCc1cc(Cl)ccc1Sc1cccc(F)c1. The Morgan fingerprint density at radius 2 is 2.06 bits per heavy atom. The average Bonchev–Trinajstić information content (AvgIpc) is 2.33. The summed E-state index contributed by atoms with van der Waals surface area (Å²) in [6.45, 7) is 0.734. The van der Waals surface area contributed by atoms with Crippen LogP contribution in [0.4, 0.5) is 4.39 Å². The molecule has 0 atom stereocenters. The maximum Gasteiger partial charge on any atom is 0.124 e. The van der Waals surface area contributed by atoms with Crippen LogP contribution in [0.1, 0.15) is 5.56 Å². The Morgan fingerprint density at radius 3 is 2.78 bits per heavy atom. The van der Waals surface area contributed by atoms with Crippen LogP contribution in [-0.4, -0.2) is 7.05 Å². The van der Waals surface area contributed by atoms with Crippen molar-refractivity contribution in [3.05, 3.63) is 58.9 Å². The van der Waals surface area contributed by atoms with Gasteiger partial charge >= 0.3 is 0 Å². The first-order chi connectivity index (χ1) is 8.69. The van der Waals surface area contributed by atoms with Gasteiger partial charge in [0.25, 0.3) is 0 Å². The van der Waals surface area contributed by atoms with Crippen LogP contribution in [0.15, 0.2) is 52.3 Å². The predicted molar refractivity (Wildman–Crippen MR) is 74.7 cm³/mol. The van der Waals surface area contributed by atoms with Crippen LogP contribution in [0.2, 0.25) is 5.02 Å². The van der Waals surface area contributed by atoms with Crippen molar-refractivity contribution >= 4 is 23.4 Å². The summed E-state index contributed by atoms with van der Waals surface area (Å²) in [5, 5.41) is 3.81. The van der Waals surface area contributed by atoms with Crippen molar-refractivity contribution in [1.29, 1.82) is 0 Å². The normalized spacial score (nSPS) is 10.6. The fraction of sp³-hybridized carbons (Fsp3) is 0.143. The van der Waals surface area contributed by atoms with Gasteiger partial charge in [-0.15, -0.1) is 0 Å². The molecule has 0 saturated carbocycles. The zero-order valence-electron chi connectivity index (χ0n) is 9.91. The van der Waals surface area contributed by atoms with Gasteiger partial charge in [-0.2, -0.15) is 0 Å². The molecule has 0 saturated heterocycles. The second kappa shape index (κ2) is 6.23. The first kappa shape index (κ1) is 13.4. The van der Waals surface area contributed by atoms with Gasteiger partial charge < -0.3 is 5.32 Å². The second-order valence-electron chi connectivity index (χ2n) is 3.84. The van der Waals surface area contributed by atoms with Crippen molar-refractivity contribution in [1.82, 2.24) is 5.32 Å². The summed E-state index contributed by atoms with van der Waals surface area (Å²) in [4.78, 5) is 1.97. The number of nitrogens with one attached hydrogen (secondary N) is 1. The Kier molecular flexibility index (Phi) is 4.64. The first-order valence-electron chi connectivity index (χ1n) is 5.55. The molecule has 2 rings (SSSR count). The highest BCUT2D eigenvalue weighted by Crippen LogP contribution is 2.32. The standard InChI is InChI=1S/C14H13ClFNS/c1-17-9-10-7-11(15)5-6-14(10)18-13-4-2-3-12(16)8-13/h2-8,17H,9H2,1H3. The number of halogens is 2. The summed E-state index contributed by atoms with van der Waals surface area (Å²) in [5.74, 6) is -0.218. The van der Waals surface area contributed by atoms with Gasteiger partial charge in [0, 0.05) is 21.4 Å². The minimum atomic E-state index is -0.218. The number of benzene rings is 2. The van der Waals surface area contributed by atoms with Gasteiger partial charge in [0.05, 0.1) is 0 Å². The Morgan fingerprint density at radius 1 is 1.22 bits per heavy atom. The quantitative estimate of drug-likeness (QED) is 0.894. The number of rotatable bonds is 4. The van der Waals surface area contributed by atoms with Gasteiger partial charge in [0.2, 0.25) is 0 Å². The minimum Gasteiger partial charge on any atom is -0.316 e. The van der Waals surface area contributed by atoms with Crippen molar-refractivity contribution in [2.45, 2.75) is 16.3 Å². The monoisotopic (exact) mass is 281 g/mol. The van der Waals surface area contributed by atoms with E-state index in [0.717, 1.165) is 21.9 Å². The molecule has 0 unspecified atom stereocenters. The Bertz CT molecular complexity index is 545. The lowest BCUT2D eigenvalue weighted by atomic mass is 10.2. The lowest BCUT2D eigenvalue weighted by Crippen LogP contribution is -2.06. The largest absolute Gasteiger partial charge is 0.316 e. The van der Waals surface area contributed by atoms with Gasteiger partial charge in [-0.25, -0.2) is 4.39 Å². The van der Waals surface area contributed by atoms with E-state index in [1.165, 1.54) is 23.9 Å². The topological polar surface area (TPSA) is 12.0 Å². The molecule has 4 heteroatoms. The first-order valence-corrected chi connectivity index (χ1v) is 6.75. The molecule has 1 N–H and O–H groups in total. The van der Waals surface area contributed by atoms with Gasteiger partial charge in [-0.3, -0.25) is 0 Å². The highest BCUT2D eigenvalue weighted by Gasteiger charge is 2.05. The molecular formula is C14H13ClFNS. The molecule has 18 heavy (non-hydrogen) atoms. The highest BCUT2D eigenvalue weighted by atomic mass is 35.5. The summed E-state index contributed by atoms with van der Waals surface area (Å²) >= 11 is 7.52. The molecule has 0 aliphatic carbocycles. The van der Waals surface area contributed by atoms with Crippen molar-refractivity contribution < 1.29 is 4.39 Å². The number of hydrogen-bond donors (Lipinski definition) is 1. The van der Waals surface area contributed by atoms with Crippen molar-refractivity contribution in [2.75, 3.05) is 7.05 Å². The lowest BCUT2D eigenvalue weighted by Gasteiger charge is -2.09. The van der Waals surface area contributed by atoms with Crippen LogP contribution in [0, 0.1) is 5.82 Å². The van der Waals surface area contributed by atoms with Crippen LogP contribution in [0.5, 0.6) is 0 Å². The molecule has 0 heterocycles. The van der Waals surface area contributed by atoms with E-state index < -0.39 is 0 Å². The van der Waals surface area contributed by atoms with E-state index in [2.05, 4.69) is 5.32 Å². The molecule has 0 aromatic heterocycles. The fourth-order valence-electron chi connectivity index (χ4n) is 1.63. The zero-order valence-corrected chi connectivity index (χ0v) is 11.5.